The molecular formula is C31H38N2O8. The molecule has 0 aromatic heterocycles. The Morgan fingerprint density at radius 3 is 2.20 bits per heavy atom. The fraction of sp³-hybridized carbons (Fsp3) is 0.452. The molecule has 0 aliphatic carbocycles. The highest BCUT2D eigenvalue weighted by Gasteiger charge is 2.46. The molecule has 0 spiro atoms. The second kappa shape index (κ2) is 15.4. The molecule has 220 valence electrons. The summed E-state index contributed by atoms with van der Waals surface area (Å²) in [6.07, 6.45) is 1.43. The highest BCUT2D eigenvalue weighted by atomic mass is 16.7. The van der Waals surface area contributed by atoms with Crippen LogP contribution in [0.1, 0.15) is 53.2 Å². The van der Waals surface area contributed by atoms with Crippen molar-refractivity contribution in [1.82, 2.24) is 10.2 Å². The van der Waals surface area contributed by atoms with Crippen molar-refractivity contribution in [3.8, 4) is 11.8 Å². The van der Waals surface area contributed by atoms with Gasteiger partial charge in [-0.2, -0.15) is 0 Å². The van der Waals surface area contributed by atoms with E-state index in [-0.39, 0.29) is 26.4 Å². The molecule has 10 heteroatoms. The van der Waals surface area contributed by atoms with Crippen molar-refractivity contribution in [2.75, 3.05) is 40.5 Å². The van der Waals surface area contributed by atoms with E-state index in [1.807, 2.05) is 24.3 Å². The van der Waals surface area contributed by atoms with Gasteiger partial charge in [0.1, 0.15) is 12.7 Å². The van der Waals surface area contributed by atoms with Gasteiger partial charge < -0.3 is 34.6 Å². The Bertz CT molecular complexity index is 1230. The number of ketones is 1. The molecule has 3 rings (SSSR count). The van der Waals surface area contributed by atoms with Crippen molar-refractivity contribution < 1.29 is 38.8 Å². The van der Waals surface area contributed by atoms with Crippen LogP contribution in [0.4, 0.5) is 0 Å². The molecule has 1 fully saturated rings. The number of ether oxygens (including phenoxy) is 3. The largest absolute Gasteiger partial charge is 0.394 e. The van der Waals surface area contributed by atoms with Gasteiger partial charge in [0.15, 0.2) is 17.6 Å². The molecule has 1 aliphatic heterocycles. The molecule has 1 aliphatic rings. The topological polar surface area (TPSA) is 135 Å². The van der Waals surface area contributed by atoms with Gasteiger partial charge in [0.05, 0.1) is 19.8 Å². The molecule has 41 heavy (non-hydrogen) atoms. The first-order valence-corrected chi connectivity index (χ1v) is 13.5. The molecule has 0 radical (unpaired) electrons. The molecule has 1 saturated heterocycles. The van der Waals surface area contributed by atoms with E-state index < -0.39 is 35.5 Å². The predicted molar refractivity (Wildman–Crippen MR) is 151 cm³/mol. The zero-order chi connectivity index (χ0) is 29.8. The SMILES string of the molecule is CNC(=O)[C@@](C)(C(=O)COC1CCCCO1)N(C)C(=O)c1ccc(C#Cc2ccc(COC(CO)CO)cc2)cc1. The molecule has 1 unspecified atom stereocenters. The average molecular weight is 567 g/mol. The minimum absolute atomic E-state index is 0.253. The summed E-state index contributed by atoms with van der Waals surface area (Å²) >= 11 is 0. The first kappa shape index (κ1) is 31.9. The first-order chi connectivity index (χ1) is 19.7. The van der Waals surface area contributed by atoms with Crippen molar-refractivity contribution in [2.45, 2.75) is 50.7 Å². The Labute approximate surface area is 240 Å². The Morgan fingerprint density at radius 2 is 1.66 bits per heavy atom. The highest BCUT2D eigenvalue weighted by molar-refractivity contribution is 6.14. The third-order valence-corrected chi connectivity index (χ3v) is 7.06. The Hall–Kier alpha value is -3.59. The van der Waals surface area contributed by atoms with E-state index in [0.717, 1.165) is 28.9 Å². The standard InChI is InChI=1S/C31H38N2O8/c1-31(30(38)32-2,27(36)21-41-28-6-4-5-17-39-28)33(3)29(37)25-15-13-23(14-16-25)8-7-22-9-11-24(12-10-22)20-40-26(18-34)19-35/h9-16,26,28,34-35H,4-6,17-21H2,1-3H3,(H,32,38)/t28?,31-/m1/s1. The molecule has 3 N–H and O–H groups in total. The molecule has 1 heterocycles. The van der Waals surface area contributed by atoms with Crippen LogP contribution in [0.5, 0.6) is 0 Å². The molecule has 2 aromatic carbocycles. The van der Waals surface area contributed by atoms with E-state index in [9.17, 15) is 14.4 Å². The number of nitrogens with zero attached hydrogens (tertiary/aromatic N) is 1. The number of carbonyl (C=O) groups is 3. The molecular weight excluding hydrogens is 528 g/mol. The number of likely N-dealkylation sites (N-methyl/N-ethyl adjacent to an activating group) is 2. The van der Waals surface area contributed by atoms with E-state index in [2.05, 4.69) is 17.2 Å². The van der Waals surface area contributed by atoms with Crippen LogP contribution in [-0.4, -0.2) is 91.2 Å². The maximum Gasteiger partial charge on any atom is 0.254 e. The summed E-state index contributed by atoms with van der Waals surface area (Å²) in [5.74, 6) is 4.44. The van der Waals surface area contributed by atoms with E-state index in [1.165, 1.54) is 21.0 Å². The van der Waals surface area contributed by atoms with Gasteiger partial charge in [0.2, 0.25) is 0 Å². The summed E-state index contributed by atoms with van der Waals surface area (Å²) in [6, 6.07) is 14.0. The van der Waals surface area contributed by atoms with Crippen molar-refractivity contribution in [2.24, 2.45) is 0 Å². The van der Waals surface area contributed by atoms with Gasteiger partial charge in [0.25, 0.3) is 11.8 Å². The molecule has 2 amide bonds. The van der Waals surface area contributed by atoms with Gasteiger partial charge in [-0.1, -0.05) is 24.0 Å². The monoisotopic (exact) mass is 566 g/mol. The summed E-state index contributed by atoms with van der Waals surface area (Å²) in [5, 5.41) is 20.7. The van der Waals surface area contributed by atoms with Gasteiger partial charge in [-0.05, 0) is 68.1 Å². The number of hydrogen-bond acceptors (Lipinski definition) is 8. The third kappa shape index (κ3) is 8.45. The van der Waals surface area contributed by atoms with Crippen molar-refractivity contribution in [1.29, 1.82) is 0 Å². The molecule has 0 saturated carbocycles. The van der Waals surface area contributed by atoms with Crippen LogP contribution in [-0.2, 0) is 30.4 Å². The number of nitrogens with one attached hydrogen (secondary N) is 1. The van der Waals surface area contributed by atoms with Gasteiger partial charge in [0, 0.05) is 37.4 Å². The average Bonchev–Trinajstić information content (AvgIpc) is 3.02. The number of Topliss-reactive ketones (excluding diaryl/α,β-unsaturated/α-hetero) is 1. The van der Waals surface area contributed by atoms with Crippen LogP contribution in [0.3, 0.4) is 0 Å². The fourth-order valence-corrected chi connectivity index (χ4v) is 4.16. The predicted octanol–water partition coefficient (Wildman–Crippen LogP) is 1.65. The molecule has 2 aromatic rings. The Kier molecular flexibility index (Phi) is 12.0. The lowest BCUT2D eigenvalue weighted by molar-refractivity contribution is -0.174. The summed E-state index contributed by atoms with van der Waals surface area (Å²) < 4.78 is 16.5. The lowest BCUT2D eigenvalue weighted by Crippen LogP contribution is -2.62. The molecule has 2 atom stereocenters. The minimum atomic E-state index is -1.78. The summed E-state index contributed by atoms with van der Waals surface area (Å²) in [7, 11) is 2.83. The van der Waals surface area contributed by atoms with Gasteiger partial charge in [-0.3, -0.25) is 14.4 Å². The lowest BCUT2D eigenvalue weighted by Gasteiger charge is -2.36. The summed E-state index contributed by atoms with van der Waals surface area (Å²) in [4.78, 5) is 40.5. The molecule has 0 bridgehead atoms. The summed E-state index contributed by atoms with van der Waals surface area (Å²) in [6.45, 7) is 1.36. The van der Waals surface area contributed by atoms with E-state index >= 15 is 0 Å². The minimum Gasteiger partial charge on any atom is -0.394 e. The number of benzene rings is 2. The van der Waals surface area contributed by atoms with Crippen LogP contribution in [0.2, 0.25) is 0 Å². The first-order valence-electron chi connectivity index (χ1n) is 13.5. The lowest BCUT2D eigenvalue weighted by atomic mass is 9.92. The number of amides is 2. The van der Waals surface area contributed by atoms with Gasteiger partial charge >= 0.3 is 0 Å². The zero-order valence-electron chi connectivity index (χ0n) is 23.7. The van der Waals surface area contributed by atoms with Crippen molar-refractivity contribution in [3.05, 3.63) is 70.8 Å². The highest BCUT2D eigenvalue weighted by Crippen LogP contribution is 2.21. The van der Waals surface area contributed by atoms with Crippen molar-refractivity contribution in [3.63, 3.8) is 0 Å². The number of aliphatic hydroxyl groups excluding tert-OH is 2. The van der Waals surface area contributed by atoms with Crippen LogP contribution in [0, 0.1) is 11.8 Å². The van der Waals surface area contributed by atoms with Crippen LogP contribution in [0.25, 0.3) is 0 Å². The zero-order valence-corrected chi connectivity index (χ0v) is 23.7. The smallest absolute Gasteiger partial charge is 0.254 e. The van der Waals surface area contributed by atoms with Crippen LogP contribution in [0.15, 0.2) is 48.5 Å². The normalized spacial score (nSPS) is 16.3. The fourth-order valence-electron chi connectivity index (χ4n) is 4.16. The quantitative estimate of drug-likeness (QED) is 0.261. The van der Waals surface area contributed by atoms with Crippen LogP contribution < -0.4 is 5.32 Å². The van der Waals surface area contributed by atoms with E-state index in [0.29, 0.717) is 24.2 Å². The Morgan fingerprint density at radius 1 is 1.05 bits per heavy atom. The summed E-state index contributed by atoms with van der Waals surface area (Å²) in [5.41, 5.74) is 0.843. The van der Waals surface area contributed by atoms with Gasteiger partial charge in [-0.15, -0.1) is 0 Å². The number of carbonyl (C=O) groups excluding carboxylic acids is 3. The number of hydrogen-bond donors (Lipinski definition) is 3. The van der Waals surface area contributed by atoms with Crippen molar-refractivity contribution >= 4 is 17.6 Å². The Balaban J connectivity index is 1.65. The second-order valence-corrected chi connectivity index (χ2v) is 9.87. The van der Waals surface area contributed by atoms with Gasteiger partial charge in [-0.25, -0.2) is 0 Å². The van der Waals surface area contributed by atoms with Crippen LogP contribution >= 0.6 is 0 Å². The molecule has 10 nitrogen and oxygen atoms in total. The third-order valence-electron chi connectivity index (χ3n) is 7.06. The second-order valence-electron chi connectivity index (χ2n) is 9.87. The van der Waals surface area contributed by atoms with E-state index in [4.69, 9.17) is 24.4 Å². The number of aliphatic hydroxyl groups is 2. The maximum absolute atomic E-state index is 13.3. The number of rotatable bonds is 12. The van der Waals surface area contributed by atoms with E-state index in [1.54, 1.807) is 24.3 Å². The maximum atomic E-state index is 13.3.